The number of aromatic nitrogens is 1. The summed E-state index contributed by atoms with van der Waals surface area (Å²) in [6.07, 6.45) is -1.45. The lowest BCUT2D eigenvalue weighted by Gasteiger charge is -2.47. The van der Waals surface area contributed by atoms with Crippen LogP contribution < -0.4 is 5.32 Å². The number of ether oxygens (including phenoxy) is 5. The van der Waals surface area contributed by atoms with E-state index < -0.39 is 83.4 Å². The topological polar surface area (TPSA) is 163 Å². The number of likely N-dealkylation sites (N-methyl/N-ethyl adjacent to an activating group) is 1. The van der Waals surface area contributed by atoms with Crippen molar-refractivity contribution in [2.45, 2.75) is 135 Å². The van der Waals surface area contributed by atoms with Crippen molar-refractivity contribution in [3.63, 3.8) is 0 Å². The minimum absolute atomic E-state index is 0.123. The van der Waals surface area contributed by atoms with Crippen molar-refractivity contribution in [2.75, 3.05) is 20.7 Å². The van der Waals surface area contributed by atoms with Gasteiger partial charge in [-0.2, -0.15) is 0 Å². The Morgan fingerprint density at radius 3 is 2.41 bits per heavy atom. The average Bonchev–Trinajstić information content (AvgIpc) is 3.45. The molecule has 0 saturated carbocycles. The molecule has 0 bridgehead atoms. The average molecular weight is 754 g/mol. The molecule has 0 aliphatic carbocycles. The van der Waals surface area contributed by atoms with Crippen molar-refractivity contribution in [1.82, 2.24) is 15.2 Å². The number of nitrogens with one attached hydrogen (secondary N) is 1. The van der Waals surface area contributed by atoms with Crippen LogP contribution in [0.2, 0.25) is 0 Å². The lowest BCUT2D eigenvalue weighted by atomic mass is 9.74. The summed E-state index contributed by atoms with van der Waals surface area (Å²) in [6.45, 7) is 13.9. The number of fused-ring (bicyclic) bond motifs is 2. The Morgan fingerprint density at radius 1 is 1.00 bits per heavy atom. The minimum atomic E-state index is -1.38. The number of carbonyl (C=O) groups excluding carboxylic acids is 4. The maximum absolute atomic E-state index is 14.4. The molecule has 4 heterocycles. The van der Waals surface area contributed by atoms with E-state index >= 15 is 0 Å². The Hall–Kier alpha value is -3.49. The van der Waals surface area contributed by atoms with Crippen LogP contribution in [0.4, 0.5) is 4.79 Å². The van der Waals surface area contributed by atoms with E-state index in [1.54, 1.807) is 34.6 Å². The van der Waals surface area contributed by atoms with Gasteiger partial charge in [0, 0.05) is 42.0 Å². The van der Waals surface area contributed by atoms with Gasteiger partial charge < -0.3 is 39.0 Å². The first-order valence-electron chi connectivity index (χ1n) is 19.3. The number of amides is 1. The SMILES string of the molecule is C[C@H]1C(=O)O[C@@H](C)[C@@]2(C)OC(=O)N[C@@H]2[C@H](C)C(=O)[C@H](C)C[C@](C)(OCCCc2cnc3ccccc3c2)[C@H](O[C@@H]2O[C@H](C)C[C@H](N(C)C)[C@H]2O)[C@@H](C)C1=O. The standard InChI is InChI=1S/C41H59N3O10/c1-22-20-40(7,50-17-13-14-28-19-29-15-11-12-16-30(29)42-21-28)36(53-38-34(47)31(44(9)10)18-23(2)51-38)25(4)33(46)26(5)37(48)52-27(6)41(8)35(24(3)32(22)45)43-39(49)54-41/h11-12,15-16,19,21-27,31,34-36,38,47H,13-14,17-18,20H2,1-10H3,(H,43,49)/t22-,23-,24-,25+,26-,27+,31+,34-,35-,36-,38+,40+,41-/m1/s1. The zero-order chi connectivity index (χ0) is 39.7. The molecule has 5 rings (SSSR count). The zero-order valence-corrected chi connectivity index (χ0v) is 33.4. The van der Waals surface area contributed by atoms with Crippen molar-refractivity contribution >= 4 is 34.5 Å². The number of rotatable bonds is 8. The summed E-state index contributed by atoms with van der Waals surface area (Å²) >= 11 is 0. The van der Waals surface area contributed by atoms with E-state index in [1.807, 2.05) is 63.3 Å². The Labute approximate surface area is 318 Å². The first-order valence-corrected chi connectivity index (χ1v) is 19.3. The van der Waals surface area contributed by atoms with Crippen molar-refractivity contribution in [2.24, 2.45) is 23.7 Å². The molecular weight excluding hydrogens is 694 g/mol. The number of carbonyl (C=O) groups is 4. The molecule has 1 aromatic heterocycles. The molecule has 1 amide bonds. The Bertz CT molecular complexity index is 1690. The lowest BCUT2D eigenvalue weighted by Crippen LogP contribution is -2.60. The van der Waals surface area contributed by atoms with Crippen LogP contribution in [0.5, 0.6) is 0 Å². The van der Waals surface area contributed by atoms with Gasteiger partial charge in [0.1, 0.15) is 23.9 Å². The predicted octanol–water partition coefficient (Wildman–Crippen LogP) is 4.64. The molecule has 1 aromatic carbocycles. The number of nitrogens with zero attached hydrogens (tertiary/aromatic N) is 2. The Balaban J connectivity index is 1.51. The number of aliphatic hydroxyl groups is 1. The zero-order valence-electron chi connectivity index (χ0n) is 33.4. The predicted molar refractivity (Wildman–Crippen MR) is 200 cm³/mol. The highest BCUT2D eigenvalue weighted by molar-refractivity contribution is 6.00. The molecule has 3 aliphatic rings. The van der Waals surface area contributed by atoms with Crippen LogP contribution in [-0.4, -0.2) is 113 Å². The van der Waals surface area contributed by atoms with Gasteiger partial charge in [-0.3, -0.25) is 19.4 Å². The van der Waals surface area contributed by atoms with E-state index in [-0.39, 0.29) is 31.0 Å². The second-order valence-electron chi connectivity index (χ2n) is 16.4. The maximum atomic E-state index is 14.4. The lowest BCUT2D eigenvalue weighted by molar-refractivity contribution is -0.297. The molecule has 3 fully saturated rings. The Kier molecular flexibility index (Phi) is 12.9. The third-order valence-electron chi connectivity index (χ3n) is 12.0. The third kappa shape index (κ3) is 8.65. The van der Waals surface area contributed by atoms with E-state index in [0.717, 1.165) is 16.5 Å². The first-order chi connectivity index (χ1) is 25.4. The maximum Gasteiger partial charge on any atom is 0.408 e. The second kappa shape index (κ2) is 16.7. The van der Waals surface area contributed by atoms with Crippen molar-refractivity contribution in [3.05, 3.63) is 42.1 Å². The smallest absolute Gasteiger partial charge is 0.408 e. The summed E-state index contributed by atoms with van der Waals surface area (Å²) in [7, 11) is 3.75. The van der Waals surface area contributed by atoms with Crippen LogP contribution in [0.3, 0.4) is 0 Å². The molecule has 0 spiro atoms. The summed E-state index contributed by atoms with van der Waals surface area (Å²) < 4.78 is 31.2. The van der Waals surface area contributed by atoms with Crippen LogP contribution in [-0.2, 0) is 44.5 Å². The largest absolute Gasteiger partial charge is 0.458 e. The van der Waals surface area contributed by atoms with Crippen molar-refractivity contribution < 1.29 is 48.0 Å². The molecule has 13 atom stereocenters. The molecule has 13 nitrogen and oxygen atoms in total. The minimum Gasteiger partial charge on any atom is -0.458 e. The molecule has 2 N–H and O–H groups in total. The summed E-state index contributed by atoms with van der Waals surface area (Å²) in [5.41, 5.74) is -0.735. The van der Waals surface area contributed by atoms with Gasteiger partial charge in [0.15, 0.2) is 17.7 Å². The van der Waals surface area contributed by atoms with Gasteiger partial charge in [0.05, 0.1) is 29.4 Å². The Morgan fingerprint density at radius 2 is 1.70 bits per heavy atom. The van der Waals surface area contributed by atoms with Gasteiger partial charge in [-0.05, 0) is 92.1 Å². The number of Topliss-reactive ketones (excluding diaryl/α,β-unsaturated/α-hetero) is 2. The molecule has 13 heteroatoms. The van der Waals surface area contributed by atoms with Crippen LogP contribution in [0.1, 0.15) is 80.2 Å². The second-order valence-corrected chi connectivity index (χ2v) is 16.4. The molecule has 2 aromatic rings. The fourth-order valence-electron chi connectivity index (χ4n) is 8.58. The van der Waals surface area contributed by atoms with Gasteiger partial charge >= 0.3 is 12.1 Å². The molecule has 0 unspecified atom stereocenters. The highest BCUT2D eigenvalue weighted by Crippen LogP contribution is 2.40. The van der Waals surface area contributed by atoms with E-state index in [2.05, 4.69) is 16.4 Å². The summed E-state index contributed by atoms with van der Waals surface area (Å²) in [5.74, 6) is -5.03. The van der Waals surface area contributed by atoms with E-state index in [0.29, 0.717) is 19.3 Å². The van der Waals surface area contributed by atoms with Gasteiger partial charge in [0.25, 0.3) is 0 Å². The van der Waals surface area contributed by atoms with E-state index in [1.165, 1.54) is 6.92 Å². The van der Waals surface area contributed by atoms with Crippen LogP contribution in [0.15, 0.2) is 36.5 Å². The number of hydrogen-bond donors (Lipinski definition) is 2. The number of ketones is 2. The number of alkyl carbamates (subject to hydrolysis) is 1. The van der Waals surface area contributed by atoms with Crippen molar-refractivity contribution in [1.29, 1.82) is 0 Å². The van der Waals surface area contributed by atoms with Gasteiger partial charge in [-0.15, -0.1) is 0 Å². The number of para-hydroxylation sites is 1. The fraction of sp³-hybridized carbons (Fsp3) is 0.683. The number of aliphatic hydroxyl groups excluding tert-OH is 1. The molecule has 0 radical (unpaired) electrons. The number of cyclic esters (lactones) is 1. The van der Waals surface area contributed by atoms with E-state index in [4.69, 9.17) is 23.7 Å². The monoisotopic (exact) mass is 753 g/mol. The highest BCUT2D eigenvalue weighted by Gasteiger charge is 2.56. The first kappa shape index (κ1) is 41.7. The highest BCUT2D eigenvalue weighted by atomic mass is 16.7. The number of aryl methyl sites for hydroxylation is 1. The quantitative estimate of drug-likeness (QED) is 0.219. The normalized spacial score (nSPS) is 38.4. The van der Waals surface area contributed by atoms with Crippen LogP contribution >= 0.6 is 0 Å². The molecule has 298 valence electrons. The number of benzene rings is 1. The number of esters is 1. The molecular formula is C41H59N3O10. The molecule has 3 saturated heterocycles. The van der Waals surface area contributed by atoms with Crippen molar-refractivity contribution in [3.8, 4) is 0 Å². The third-order valence-corrected chi connectivity index (χ3v) is 12.0. The molecule has 3 aliphatic heterocycles. The van der Waals surface area contributed by atoms with Gasteiger partial charge in [-0.25, -0.2) is 4.79 Å². The summed E-state index contributed by atoms with van der Waals surface area (Å²) in [5, 5.41) is 15.4. The van der Waals surface area contributed by atoms with E-state index in [9.17, 15) is 24.3 Å². The van der Waals surface area contributed by atoms with Crippen LogP contribution in [0.25, 0.3) is 10.9 Å². The number of hydrogen-bond acceptors (Lipinski definition) is 12. The number of pyridine rings is 1. The van der Waals surface area contributed by atoms with Gasteiger partial charge in [0.2, 0.25) is 0 Å². The summed E-state index contributed by atoms with van der Waals surface area (Å²) in [6, 6.07) is 8.90. The fourth-order valence-corrected chi connectivity index (χ4v) is 8.58. The van der Waals surface area contributed by atoms with Crippen LogP contribution in [0, 0.1) is 23.7 Å². The van der Waals surface area contributed by atoms with Gasteiger partial charge in [-0.1, -0.05) is 39.0 Å². The summed E-state index contributed by atoms with van der Waals surface area (Å²) in [4.78, 5) is 61.5. The molecule has 54 heavy (non-hydrogen) atoms.